The predicted molar refractivity (Wildman–Crippen MR) is 98.6 cm³/mol. The summed E-state index contributed by atoms with van der Waals surface area (Å²) in [5.74, 6) is 1.25. The zero-order valence-electron chi connectivity index (χ0n) is 13.0. The third-order valence-electron chi connectivity index (χ3n) is 2.29. The summed E-state index contributed by atoms with van der Waals surface area (Å²) in [5.41, 5.74) is 0. The van der Waals surface area contributed by atoms with E-state index in [1.807, 2.05) is 0 Å². The standard InChI is InChI=1S/C6H10N2O2S.C5H9NOS.CO2.CH4.H3N.H2O/c9-5-4(2-1-3-11)7-6(10)8-5;6-4-5(7)2-1-3-8;2-1-3;;;/h4,11H,1-3H2,(H2,7,8,9,10);5,7-8H,1-3H2;;1H4;1H3;1H2. The molecule has 0 bridgehead atoms. The zero-order valence-corrected chi connectivity index (χ0v) is 14.8. The van der Waals surface area contributed by atoms with Gasteiger partial charge in [0, 0.05) is 0 Å². The number of aliphatic hydroxyl groups excluding tert-OH is 1. The minimum Gasteiger partial charge on any atom is -0.412 e. The number of amides is 3. The number of rotatable bonds is 6. The SMILES string of the molecule is C.N.N#CC(O)CCCS.O.O=C1NC(=O)C(CCCS)N1.O=C=O. The van der Waals surface area contributed by atoms with E-state index in [1.165, 1.54) is 0 Å². The van der Waals surface area contributed by atoms with E-state index in [2.05, 4.69) is 35.9 Å². The van der Waals surface area contributed by atoms with E-state index in [9.17, 15) is 9.59 Å². The minimum atomic E-state index is -0.790. The summed E-state index contributed by atoms with van der Waals surface area (Å²) < 4.78 is 0. The van der Waals surface area contributed by atoms with Crippen LogP contribution >= 0.6 is 25.3 Å². The Morgan fingerprint density at radius 1 is 1.20 bits per heavy atom. The highest BCUT2D eigenvalue weighted by Crippen LogP contribution is 2.02. The molecule has 10 nitrogen and oxygen atoms in total. The quantitative estimate of drug-likeness (QED) is 0.202. The van der Waals surface area contributed by atoms with Crippen LogP contribution in [0.5, 0.6) is 0 Å². The molecule has 0 radical (unpaired) electrons. The Morgan fingerprint density at radius 2 is 1.68 bits per heavy atom. The van der Waals surface area contributed by atoms with Crippen molar-refractivity contribution in [2.75, 3.05) is 11.5 Å². The van der Waals surface area contributed by atoms with Gasteiger partial charge < -0.3 is 22.1 Å². The molecule has 1 rings (SSSR count). The summed E-state index contributed by atoms with van der Waals surface area (Å²) in [6, 6.07) is 0.993. The van der Waals surface area contributed by atoms with Crippen molar-refractivity contribution < 1.29 is 29.8 Å². The zero-order chi connectivity index (χ0) is 17.4. The van der Waals surface area contributed by atoms with Crippen molar-refractivity contribution >= 4 is 43.3 Å². The van der Waals surface area contributed by atoms with E-state index in [0.717, 1.165) is 24.3 Å². The Hall–Kier alpha value is -1.61. The molecule has 8 N–H and O–H groups in total. The largest absolute Gasteiger partial charge is 0.412 e. The van der Waals surface area contributed by atoms with E-state index < -0.39 is 6.10 Å². The molecule has 0 spiro atoms. The number of imide groups is 1. The van der Waals surface area contributed by atoms with Crippen LogP contribution in [0.25, 0.3) is 0 Å². The van der Waals surface area contributed by atoms with Crippen molar-refractivity contribution in [3.8, 4) is 6.07 Å². The number of hydrogen-bond donors (Lipinski definition) is 6. The molecule has 2 unspecified atom stereocenters. The minimum absolute atomic E-state index is 0. The molecule has 0 saturated carbocycles. The van der Waals surface area contributed by atoms with Crippen LogP contribution in [-0.2, 0) is 14.4 Å². The molecule has 0 aromatic rings. The fraction of sp³-hybridized carbons (Fsp3) is 0.692. The molecule has 1 heterocycles. The third kappa shape index (κ3) is 22.4. The lowest BCUT2D eigenvalue weighted by Crippen LogP contribution is -2.28. The number of carbonyl (C=O) groups is 2. The second-order valence-electron chi connectivity index (χ2n) is 3.98. The van der Waals surface area contributed by atoms with Gasteiger partial charge in [-0.15, -0.1) is 0 Å². The number of hydrogen-bond acceptors (Lipinski definition) is 9. The van der Waals surface area contributed by atoms with Crippen LogP contribution in [0.1, 0.15) is 33.1 Å². The summed E-state index contributed by atoms with van der Waals surface area (Å²) in [7, 11) is 0. The summed E-state index contributed by atoms with van der Waals surface area (Å²) in [5, 5.41) is 21.3. The van der Waals surface area contributed by atoms with Crippen LogP contribution in [0.15, 0.2) is 0 Å². The number of carbonyl (C=O) groups excluding carboxylic acids is 4. The van der Waals surface area contributed by atoms with Gasteiger partial charge in [0.2, 0.25) is 0 Å². The lowest BCUT2D eigenvalue weighted by molar-refractivity contribution is -0.191. The molecule has 2 atom stereocenters. The fourth-order valence-electron chi connectivity index (χ4n) is 1.31. The van der Waals surface area contributed by atoms with Gasteiger partial charge in [-0.1, -0.05) is 7.43 Å². The summed E-state index contributed by atoms with van der Waals surface area (Å²) in [4.78, 5) is 37.7. The maximum absolute atomic E-state index is 10.9. The maximum Gasteiger partial charge on any atom is 0.373 e. The molecule has 1 saturated heterocycles. The Bertz CT molecular complexity index is 414. The van der Waals surface area contributed by atoms with Crippen LogP contribution < -0.4 is 16.8 Å². The van der Waals surface area contributed by atoms with E-state index in [4.69, 9.17) is 20.0 Å². The van der Waals surface area contributed by atoms with Gasteiger partial charge in [-0.25, -0.2) is 4.79 Å². The monoisotopic (exact) mass is 400 g/mol. The highest BCUT2D eigenvalue weighted by Gasteiger charge is 2.28. The van der Waals surface area contributed by atoms with E-state index >= 15 is 0 Å². The third-order valence-corrected chi connectivity index (χ3v) is 2.93. The van der Waals surface area contributed by atoms with Gasteiger partial charge in [-0.2, -0.15) is 40.1 Å². The average molecular weight is 401 g/mol. The Labute approximate surface area is 158 Å². The predicted octanol–water partition coefficient (Wildman–Crippen LogP) is -0.125. The van der Waals surface area contributed by atoms with Gasteiger partial charge in [0.1, 0.15) is 12.1 Å². The van der Waals surface area contributed by atoms with Gasteiger partial charge in [-0.05, 0) is 37.2 Å². The van der Waals surface area contributed by atoms with Crippen molar-refractivity contribution in [3.05, 3.63) is 0 Å². The lowest BCUT2D eigenvalue weighted by Gasteiger charge is -2.03. The molecular formula is C13H28N4O6S2. The Balaban J connectivity index is -0.0000000859. The van der Waals surface area contributed by atoms with Crippen molar-refractivity contribution in [2.24, 2.45) is 0 Å². The molecule has 148 valence electrons. The molecule has 1 aliphatic rings. The van der Waals surface area contributed by atoms with Gasteiger partial charge in [0.05, 0.1) is 6.07 Å². The van der Waals surface area contributed by atoms with Gasteiger partial charge in [-0.3, -0.25) is 10.1 Å². The highest BCUT2D eigenvalue weighted by atomic mass is 32.1. The number of nitriles is 1. The second kappa shape index (κ2) is 24.6. The Morgan fingerprint density at radius 3 is 2.00 bits per heavy atom. The van der Waals surface area contributed by atoms with Crippen LogP contribution in [0.3, 0.4) is 0 Å². The smallest absolute Gasteiger partial charge is 0.373 e. The molecule has 0 aliphatic carbocycles. The Kier molecular flexibility index (Phi) is 34.2. The van der Waals surface area contributed by atoms with Gasteiger partial charge >= 0.3 is 12.2 Å². The number of urea groups is 1. The molecule has 25 heavy (non-hydrogen) atoms. The summed E-state index contributed by atoms with van der Waals surface area (Å²) >= 11 is 7.91. The molecule has 1 fully saturated rings. The van der Waals surface area contributed by atoms with Gasteiger partial charge in [0.15, 0.2) is 0 Å². The number of aliphatic hydroxyl groups is 1. The van der Waals surface area contributed by atoms with Crippen LogP contribution in [0, 0.1) is 11.3 Å². The van der Waals surface area contributed by atoms with E-state index in [1.54, 1.807) is 6.07 Å². The van der Waals surface area contributed by atoms with Gasteiger partial charge in [0.25, 0.3) is 5.91 Å². The second-order valence-corrected chi connectivity index (χ2v) is 4.87. The fourth-order valence-corrected chi connectivity index (χ4v) is 1.67. The molecule has 12 heteroatoms. The highest BCUT2D eigenvalue weighted by molar-refractivity contribution is 7.80. The lowest BCUT2D eigenvalue weighted by atomic mass is 10.2. The van der Waals surface area contributed by atoms with Crippen LogP contribution in [0.2, 0.25) is 0 Å². The van der Waals surface area contributed by atoms with Crippen LogP contribution in [0.4, 0.5) is 4.79 Å². The normalized spacial score (nSPS) is 14.6. The summed E-state index contributed by atoms with van der Waals surface area (Å²) in [6.45, 7) is 0. The van der Waals surface area contributed by atoms with Crippen molar-refractivity contribution in [1.29, 1.82) is 5.26 Å². The summed E-state index contributed by atoms with van der Waals surface area (Å²) in [6.07, 6.45) is 2.31. The molecule has 0 aromatic heterocycles. The van der Waals surface area contributed by atoms with E-state index in [-0.39, 0.29) is 43.2 Å². The first-order valence-electron chi connectivity index (χ1n) is 6.36. The van der Waals surface area contributed by atoms with Crippen LogP contribution in [-0.4, -0.2) is 52.3 Å². The first-order chi connectivity index (χ1) is 10.5. The number of nitrogens with zero attached hydrogens (tertiary/aromatic N) is 1. The first-order valence-corrected chi connectivity index (χ1v) is 7.63. The van der Waals surface area contributed by atoms with Crippen molar-refractivity contribution in [1.82, 2.24) is 16.8 Å². The van der Waals surface area contributed by atoms with E-state index in [0.29, 0.717) is 12.8 Å². The molecule has 1 aliphatic heterocycles. The average Bonchev–Trinajstić information content (AvgIpc) is 2.82. The number of nitrogens with one attached hydrogen (secondary N) is 2. The molecule has 3 amide bonds. The number of thiol groups is 2. The molecular weight excluding hydrogens is 372 g/mol. The maximum atomic E-state index is 10.9. The first kappa shape index (κ1) is 34.7. The van der Waals surface area contributed by atoms with Crippen molar-refractivity contribution in [2.45, 2.75) is 45.3 Å². The van der Waals surface area contributed by atoms with Crippen molar-refractivity contribution in [3.63, 3.8) is 0 Å². The topological polar surface area (TPSA) is 203 Å². The molecule has 0 aromatic carbocycles.